The SMILES string of the molecule is NC1C=C(c2cccc(OC(F)(F)F)c2)CC1. The molecule has 1 aromatic rings. The predicted molar refractivity (Wildman–Crippen MR) is 58.3 cm³/mol. The molecule has 0 heterocycles. The molecule has 1 aliphatic rings. The summed E-state index contributed by atoms with van der Waals surface area (Å²) in [5.41, 5.74) is 7.43. The number of benzene rings is 1. The van der Waals surface area contributed by atoms with Crippen LogP contribution in [0, 0.1) is 0 Å². The van der Waals surface area contributed by atoms with Crippen molar-refractivity contribution in [2.75, 3.05) is 0 Å². The lowest BCUT2D eigenvalue weighted by molar-refractivity contribution is -0.274. The average Bonchev–Trinajstić information content (AvgIpc) is 2.63. The van der Waals surface area contributed by atoms with Gasteiger partial charge in [-0.25, -0.2) is 0 Å². The Labute approximate surface area is 96.9 Å². The lowest BCUT2D eigenvalue weighted by Crippen LogP contribution is -2.17. The van der Waals surface area contributed by atoms with Crippen LogP contribution < -0.4 is 10.5 Å². The number of nitrogens with two attached hydrogens (primary N) is 1. The van der Waals surface area contributed by atoms with Gasteiger partial charge >= 0.3 is 6.36 Å². The first-order valence-corrected chi connectivity index (χ1v) is 5.26. The maximum Gasteiger partial charge on any atom is 0.573 e. The largest absolute Gasteiger partial charge is 0.573 e. The fourth-order valence-corrected chi connectivity index (χ4v) is 1.88. The van der Waals surface area contributed by atoms with Crippen LogP contribution in [0.2, 0.25) is 0 Å². The maximum atomic E-state index is 12.1. The van der Waals surface area contributed by atoms with E-state index in [1.165, 1.54) is 12.1 Å². The number of allylic oxidation sites excluding steroid dienone is 1. The van der Waals surface area contributed by atoms with Crippen molar-refractivity contribution in [2.45, 2.75) is 25.2 Å². The van der Waals surface area contributed by atoms with Crippen LogP contribution >= 0.6 is 0 Å². The molecule has 0 aliphatic heterocycles. The minimum atomic E-state index is -4.65. The summed E-state index contributed by atoms with van der Waals surface area (Å²) in [5.74, 6) is -0.198. The summed E-state index contributed by atoms with van der Waals surface area (Å²) in [6.07, 6.45) is -1.15. The molecule has 92 valence electrons. The lowest BCUT2D eigenvalue weighted by atomic mass is 10.1. The minimum absolute atomic E-state index is 0.00260. The molecule has 0 amide bonds. The van der Waals surface area contributed by atoms with Crippen LogP contribution in [0.1, 0.15) is 18.4 Å². The topological polar surface area (TPSA) is 35.2 Å². The van der Waals surface area contributed by atoms with E-state index >= 15 is 0 Å². The molecule has 5 heteroatoms. The Hall–Kier alpha value is -1.49. The third-order valence-corrected chi connectivity index (χ3v) is 2.60. The van der Waals surface area contributed by atoms with Gasteiger partial charge < -0.3 is 10.5 Å². The fourth-order valence-electron chi connectivity index (χ4n) is 1.88. The molecule has 1 aromatic carbocycles. The molecule has 17 heavy (non-hydrogen) atoms. The number of rotatable bonds is 2. The van der Waals surface area contributed by atoms with Crippen molar-refractivity contribution in [3.63, 3.8) is 0 Å². The van der Waals surface area contributed by atoms with Gasteiger partial charge in [0.2, 0.25) is 0 Å². The number of halogens is 3. The number of hydrogen-bond acceptors (Lipinski definition) is 2. The van der Waals surface area contributed by atoms with Gasteiger partial charge in [0, 0.05) is 6.04 Å². The Morgan fingerprint density at radius 1 is 1.29 bits per heavy atom. The molecule has 0 fully saturated rings. The smallest absolute Gasteiger partial charge is 0.406 e. The molecule has 0 bridgehead atoms. The summed E-state index contributed by atoms with van der Waals surface area (Å²) < 4.78 is 40.0. The van der Waals surface area contributed by atoms with Crippen LogP contribution in [-0.4, -0.2) is 12.4 Å². The molecule has 0 saturated carbocycles. The molecule has 1 aliphatic carbocycles. The number of alkyl halides is 3. The Balaban J connectivity index is 2.20. The van der Waals surface area contributed by atoms with Crippen molar-refractivity contribution in [3.8, 4) is 5.75 Å². The van der Waals surface area contributed by atoms with Crippen molar-refractivity contribution in [3.05, 3.63) is 35.9 Å². The second-order valence-electron chi connectivity index (χ2n) is 3.97. The van der Waals surface area contributed by atoms with E-state index in [0.717, 1.165) is 24.0 Å². The molecule has 0 aromatic heterocycles. The van der Waals surface area contributed by atoms with Crippen molar-refractivity contribution < 1.29 is 17.9 Å². The highest BCUT2D eigenvalue weighted by molar-refractivity contribution is 5.69. The third kappa shape index (κ3) is 3.23. The first kappa shape index (κ1) is 12.0. The minimum Gasteiger partial charge on any atom is -0.406 e. The molecule has 0 saturated heterocycles. The predicted octanol–water partition coefficient (Wildman–Crippen LogP) is 3.09. The highest BCUT2D eigenvalue weighted by Gasteiger charge is 2.31. The van der Waals surface area contributed by atoms with Crippen LogP contribution in [0.15, 0.2) is 30.3 Å². The van der Waals surface area contributed by atoms with Gasteiger partial charge in [0.15, 0.2) is 0 Å². The highest BCUT2D eigenvalue weighted by atomic mass is 19.4. The summed E-state index contributed by atoms with van der Waals surface area (Å²) in [7, 11) is 0. The standard InChI is InChI=1S/C12H12F3NO/c13-12(14,15)17-11-3-1-2-8(7-11)9-4-5-10(16)6-9/h1-3,6-7,10H,4-5,16H2. The Kier molecular flexibility index (Phi) is 3.11. The molecule has 0 radical (unpaired) electrons. The van der Waals surface area contributed by atoms with Crippen molar-refractivity contribution in [1.29, 1.82) is 0 Å². The van der Waals surface area contributed by atoms with E-state index in [1.54, 1.807) is 12.1 Å². The Morgan fingerprint density at radius 2 is 2.06 bits per heavy atom. The van der Waals surface area contributed by atoms with Crippen LogP contribution in [0.3, 0.4) is 0 Å². The van der Waals surface area contributed by atoms with Gasteiger partial charge in [-0.2, -0.15) is 0 Å². The van der Waals surface area contributed by atoms with E-state index in [9.17, 15) is 13.2 Å². The van der Waals surface area contributed by atoms with Gasteiger partial charge in [-0.3, -0.25) is 0 Å². The van der Waals surface area contributed by atoms with Crippen molar-refractivity contribution in [2.24, 2.45) is 5.73 Å². The van der Waals surface area contributed by atoms with Gasteiger partial charge in [-0.15, -0.1) is 13.2 Å². The zero-order valence-corrected chi connectivity index (χ0v) is 9.00. The average molecular weight is 243 g/mol. The highest BCUT2D eigenvalue weighted by Crippen LogP contribution is 2.30. The second kappa shape index (κ2) is 4.41. The van der Waals surface area contributed by atoms with Gasteiger partial charge in [-0.1, -0.05) is 18.2 Å². The zero-order chi connectivity index (χ0) is 12.5. The molecule has 0 spiro atoms. The van der Waals surface area contributed by atoms with E-state index in [4.69, 9.17) is 5.73 Å². The molecule has 2 rings (SSSR count). The third-order valence-electron chi connectivity index (χ3n) is 2.60. The zero-order valence-electron chi connectivity index (χ0n) is 9.00. The first-order chi connectivity index (χ1) is 7.94. The summed E-state index contributed by atoms with van der Waals surface area (Å²) >= 11 is 0. The maximum absolute atomic E-state index is 12.1. The van der Waals surface area contributed by atoms with E-state index in [1.807, 2.05) is 6.08 Å². The summed E-state index contributed by atoms with van der Waals surface area (Å²) in [6.45, 7) is 0. The Bertz CT molecular complexity index is 440. The fraction of sp³-hybridized carbons (Fsp3) is 0.333. The monoisotopic (exact) mass is 243 g/mol. The van der Waals surface area contributed by atoms with Crippen LogP contribution in [0.5, 0.6) is 5.75 Å². The Morgan fingerprint density at radius 3 is 2.65 bits per heavy atom. The first-order valence-electron chi connectivity index (χ1n) is 5.26. The number of ether oxygens (including phenoxy) is 1. The van der Waals surface area contributed by atoms with Crippen molar-refractivity contribution >= 4 is 5.57 Å². The van der Waals surface area contributed by atoms with E-state index in [-0.39, 0.29) is 11.8 Å². The van der Waals surface area contributed by atoms with Gasteiger partial charge in [0.05, 0.1) is 0 Å². The summed E-state index contributed by atoms with van der Waals surface area (Å²) in [6, 6.07) is 5.97. The lowest BCUT2D eigenvalue weighted by Gasteiger charge is -2.10. The molecular weight excluding hydrogens is 231 g/mol. The molecule has 2 nitrogen and oxygen atoms in total. The van der Waals surface area contributed by atoms with Crippen LogP contribution in [0.25, 0.3) is 5.57 Å². The molecule has 2 N–H and O–H groups in total. The quantitative estimate of drug-likeness (QED) is 0.866. The van der Waals surface area contributed by atoms with Gasteiger partial charge in [0.1, 0.15) is 5.75 Å². The van der Waals surface area contributed by atoms with E-state index < -0.39 is 6.36 Å². The summed E-state index contributed by atoms with van der Waals surface area (Å²) in [4.78, 5) is 0. The van der Waals surface area contributed by atoms with Crippen LogP contribution in [0.4, 0.5) is 13.2 Å². The molecule has 1 unspecified atom stereocenters. The normalized spacial score (nSPS) is 20.2. The summed E-state index contributed by atoms with van der Waals surface area (Å²) in [5, 5.41) is 0. The van der Waals surface area contributed by atoms with Gasteiger partial charge in [-0.05, 0) is 36.1 Å². The van der Waals surface area contributed by atoms with E-state index in [0.29, 0.717) is 0 Å². The van der Waals surface area contributed by atoms with Crippen LogP contribution in [-0.2, 0) is 0 Å². The number of hydrogen-bond donors (Lipinski definition) is 1. The second-order valence-corrected chi connectivity index (χ2v) is 3.97. The van der Waals surface area contributed by atoms with Gasteiger partial charge in [0.25, 0.3) is 0 Å². The van der Waals surface area contributed by atoms with E-state index in [2.05, 4.69) is 4.74 Å². The molecule has 1 atom stereocenters. The van der Waals surface area contributed by atoms with Crippen molar-refractivity contribution in [1.82, 2.24) is 0 Å². The molecular formula is C12H12F3NO.